The molecule has 0 heterocycles. The predicted molar refractivity (Wildman–Crippen MR) is 81.8 cm³/mol. The largest absolute Gasteiger partial charge is 0.444 e. The van der Waals surface area contributed by atoms with Gasteiger partial charge in [-0.1, -0.05) is 48.5 Å². The monoisotopic (exact) mass is 282 g/mol. The molecule has 3 N–H and O–H groups in total. The van der Waals surface area contributed by atoms with Crippen molar-refractivity contribution in [3.05, 3.63) is 65.7 Å². The fourth-order valence-corrected chi connectivity index (χ4v) is 2.30. The van der Waals surface area contributed by atoms with E-state index >= 15 is 0 Å². The van der Waals surface area contributed by atoms with Crippen LogP contribution in [0.15, 0.2) is 54.6 Å². The van der Waals surface area contributed by atoms with Crippen molar-refractivity contribution in [2.75, 3.05) is 5.32 Å². The van der Waals surface area contributed by atoms with Crippen LogP contribution in [0.2, 0.25) is 0 Å². The Morgan fingerprint density at radius 1 is 1.10 bits per heavy atom. The van der Waals surface area contributed by atoms with Gasteiger partial charge in [-0.15, -0.1) is 0 Å². The molecule has 1 amide bonds. The van der Waals surface area contributed by atoms with Crippen LogP contribution in [-0.4, -0.2) is 6.09 Å². The summed E-state index contributed by atoms with van der Waals surface area (Å²) in [6, 6.07) is 17.2. The lowest BCUT2D eigenvalue weighted by atomic mass is 10.0. The summed E-state index contributed by atoms with van der Waals surface area (Å²) < 4.78 is 5.23. The molecule has 2 aromatic rings. The second kappa shape index (κ2) is 5.58. The number of nitrogens with one attached hydrogen (secondary N) is 1. The summed E-state index contributed by atoms with van der Waals surface area (Å²) in [4.78, 5) is 11.9. The molecule has 2 aromatic carbocycles. The minimum Gasteiger partial charge on any atom is -0.444 e. The minimum atomic E-state index is -0.462. The van der Waals surface area contributed by atoms with Gasteiger partial charge >= 0.3 is 6.09 Å². The molecule has 1 aliphatic rings. The van der Waals surface area contributed by atoms with E-state index < -0.39 is 6.09 Å². The van der Waals surface area contributed by atoms with Crippen LogP contribution < -0.4 is 11.1 Å². The zero-order valence-electron chi connectivity index (χ0n) is 11.7. The van der Waals surface area contributed by atoms with Gasteiger partial charge in [0.05, 0.1) is 0 Å². The third-order valence-electron chi connectivity index (χ3n) is 3.70. The number of hydrogen-bond donors (Lipinski definition) is 2. The first kappa shape index (κ1) is 13.6. The van der Waals surface area contributed by atoms with Crippen LogP contribution in [0.4, 0.5) is 10.5 Å². The molecule has 1 saturated carbocycles. The first-order chi connectivity index (χ1) is 10.2. The van der Waals surface area contributed by atoms with Crippen LogP contribution in [0.25, 0.3) is 0 Å². The van der Waals surface area contributed by atoms with Crippen LogP contribution in [0.3, 0.4) is 0 Å². The second-order valence-electron chi connectivity index (χ2n) is 5.39. The summed E-state index contributed by atoms with van der Waals surface area (Å²) in [5.74, 6) is 0. The van der Waals surface area contributed by atoms with E-state index in [1.807, 2.05) is 54.6 Å². The van der Waals surface area contributed by atoms with Crippen LogP contribution in [0.1, 0.15) is 24.0 Å². The quantitative estimate of drug-likeness (QED) is 0.903. The van der Waals surface area contributed by atoms with Gasteiger partial charge in [-0.05, 0) is 30.0 Å². The molecule has 0 saturated heterocycles. The molecule has 0 aliphatic heterocycles. The van der Waals surface area contributed by atoms with Crippen molar-refractivity contribution < 1.29 is 9.53 Å². The third kappa shape index (κ3) is 3.23. The van der Waals surface area contributed by atoms with Crippen molar-refractivity contribution in [3.63, 3.8) is 0 Å². The number of carbonyl (C=O) groups is 1. The highest BCUT2D eigenvalue weighted by Crippen LogP contribution is 2.45. The van der Waals surface area contributed by atoms with Crippen LogP contribution in [-0.2, 0) is 16.9 Å². The van der Waals surface area contributed by atoms with E-state index in [0.717, 1.165) is 29.7 Å². The Labute approximate surface area is 123 Å². The van der Waals surface area contributed by atoms with Crippen molar-refractivity contribution in [1.29, 1.82) is 0 Å². The molecule has 4 nitrogen and oxygen atoms in total. The Bertz CT molecular complexity index is 636. The third-order valence-corrected chi connectivity index (χ3v) is 3.70. The van der Waals surface area contributed by atoms with Crippen molar-refractivity contribution in [1.82, 2.24) is 0 Å². The Morgan fingerprint density at radius 3 is 2.48 bits per heavy atom. The number of amides is 1. The number of ether oxygens (including phenoxy) is 1. The predicted octanol–water partition coefficient (Wildman–Crippen LogP) is 3.38. The lowest BCUT2D eigenvalue weighted by Gasteiger charge is -2.15. The lowest BCUT2D eigenvalue weighted by molar-refractivity contribution is 0.155. The summed E-state index contributed by atoms with van der Waals surface area (Å²) in [5, 5.41) is 2.79. The molecule has 4 heteroatoms. The molecule has 0 atom stereocenters. The SMILES string of the molecule is NC1(c2ccccc2NC(=O)OCc2ccccc2)CC1. The molecule has 0 radical (unpaired) electrons. The van der Waals surface area contributed by atoms with Crippen molar-refractivity contribution in [2.45, 2.75) is 25.0 Å². The van der Waals surface area contributed by atoms with Crippen molar-refractivity contribution in [3.8, 4) is 0 Å². The Hall–Kier alpha value is -2.33. The molecule has 0 aromatic heterocycles. The molecule has 0 unspecified atom stereocenters. The zero-order chi connectivity index (χ0) is 14.7. The van der Waals surface area contributed by atoms with Crippen molar-refractivity contribution in [2.24, 2.45) is 5.73 Å². The molecule has 108 valence electrons. The Morgan fingerprint density at radius 2 is 1.76 bits per heavy atom. The number of carbonyl (C=O) groups excluding carboxylic acids is 1. The first-order valence-electron chi connectivity index (χ1n) is 7.03. The minimum absolute atomic E-state index is 0.253. The van der Waals surface area contributed by atoms with Gasteiger partial charge in [0.1, 0.15) is 6.61 Å². The maximum absolute atomic E-state index is 11.9. The highest BCUT2D eigenvalue weighted by molar-refractivity contribution is 5.86. The van der Waals surface area contributed by atoms with E-state index in [-0.39, 0.29) is 12.1 Å². The molecular formula is C17H18N2O2. The van der Waals surface area contributed by atoms with Gasteiger partial charge in [-0.25, -0.2) is 4.79 Å². The topological polar surface area (TPSA) is 64.3 Å². The standard InChI is InChI=1S/C17H18N2O2/c18-17(10-11-17)14-8-4-5-9-15(14)19-16(20)21-12-13-6-2-1-3-7-13/h1-9H,10-12,18H2,(H,19,20). The van der Waals surface area contributed by atoms with E-state index in [2.05, 4.69) is 5.32 Å². The van der Waals surface area contributed by atoms with E-state index in [1.54, 1.807) is 0 Å². The number of hydrogen-bond acceptors (Lipinski definition) is 3. The molecule has 1 fully saturated rings. The Balaban J connectivity index is 1.63. The number of rotatable bonds is 4. The molecule has 0 bridgehead atoms. The van der Waals surface area contributed by atoms with Crippen LogP contribution >= 0.6 is 0 Å². The van der Waals surface area contributed by atoms with E-state index in [0.29, 0.717) is 0 Å². The Kier molecular flexibility index (Phi) is 3.62. The molecule has 3 rings (SSSR count). The number of nitrogens with two attached hydrogens (primary N) is 1. The summed E-state index contributed by atoms with van der Waals surface area (Å²) in [5.41, 5.74) is 8.59. The average molecular weight is 282 g/mol. The fraction of sp³-hybridized carbons (Fsp3) is 0.235. The van der Waals surface area contributed by atoms with E-state index in [4.69, 9.17) is 10.5 Å². The fourth-order valence-electron chi connectivity index (χ4n) is 2.30. The summed E-state index contributed by atoms with van der Waals surface area (Å²) in [6.45, 7) is 0.253. The van der Waals surface area contributed by atoms with Gasteiger partial charge in [0.2, 0.25) is 0 Å². The number of benzene rings is 2. The highest BCUT2D eigenvalue weighted by Gasteiger charge is 2.41. The smallest absolute Gasteiger partial charge is 0.411 e. The highest BCUT2D eigenvalue weighted by atomic mass is 16.5. The summed E-state index contributed by atoms with van der Waals surface area (Å²) >= 11 is 0. The number of anilines is 1. The zero-order valence-corrected chi connectivity index (χ0v) is 11.7. The normalized spacial score (nSPS) is 15.3. The van der Waals surface area contributed by atoms with Gasteiger partial charge in [0.15, 0.2) is 0 Å². The van der Waals surface area contributed by atoms with Crippen LogP contribution in [0, 0.1) is 0 Å². The van der Waals surface area contributed by atoms with Gasteiger partial charge in [-0.3, -0.25) is 5.32 Å². The molecular weight excluding hydrogens is 264 g/mol. The summed E-state index contributed by atoms with van der Waals surface area (Å²) in [6.07, 6.45) is 1.44. The van der Waals surface area contributed by atoms with Gasteiger partial charge in [0, 0.05) is 11.2 Å². The van der Waals surface area contributed by atoms with Crippen LogP contribution in [0.5, 0.6) is 0 Å². The van der Waals surface area contributed by atoms with Gasteiger partial charge in [-0.2, -0.15) is 0 Å². The second-order valence-corrected chi connectivity index (χ2v) is 5.39. The molecule has 21 heavy (non-hydrogen) atoms. The lowest BCUT2D eigenvalue weighted by Crippen LogP contribution is -2.22. The van der Waals surface area contributed by atoms with Gasteiger partial charge < -0.3 is 10.5 Å². The maximum Gasteiger partial charge on any atom is 0.411 e. The molecule has 0 spiro atoms. The van der Waals surface area contributed by atoms with Gasteiger partial charge in [0.25, 0.3) is 0 Å². The van der Waals surface area contributed by atoms with Crippen molar-refractivity contribution >= 4 is 11.8 Å². The summed E-state index contributed by atoms with van der Waals surface area (Å²) in [7, 11) is 0. The van der Waals surface area contributed by atoms with E-state index in [9.17, 15) is 4.79 Å². The average Bonchev–Trinajstić information content (AvgIpc) is 3.26. The maximum atomic E-state index is 11.9. The number of para-hydroxylation sites is 1. The molecule has 1 aliphatic carbocycles. The first-order valence-corrected chi connectivity index (χ1v) is 7.03. The van der Waals surface area contributed by atoms with E-state index in [1.165, 1.54) is 0 Å².